The first kappa shape index (κ1) is 17.6. The third kappa shape index (κ3) is 4.64. The first-order chi connectivity index (χ1) is 12.1. The molecule has 1 aliphatic heterocycles. The highest BCUT2D eigenvalue weighted by molar-refractivity contribution is 7.08. The number of thiophene rings is 1. The molecule has 5 nitrogen and oxygen atoms in total. The van der Waals surface area contributed by atoms with Crippen LogP contribution in [0.25, 0.3) is 0 Å². The van der Waals surface area contributed by atoms with Crippen molar-refractivity contribution in [3.05, 3.63) is 58.0 Å². The fourth-order valence-corrected chi connectivity index (χ4v) is 3.44. The molecule has 0 radical (unpaired) electrons. The van der Waals surface area contributed by atoms with Gasteiger partial charge in [-0.25, -0.2) is 4.39 Å². The predicted molar refractivity (Wildman–Crippen MR) is 95.4 cm³/mol. The molecule has 7 heteroatoms. The second kappa shape index (κ2) is 8.22. The fourth-order valence-electron chi connectivity index (χ4n) is 2.80. The Kier molecular flexibility index (Phi) is 5.78. The number of halogens is 1. The molecule has 2 heterocycles. The van der Waals surface area contributed by atoms with E-state index in [-0.39, 0.29) is 11.8 Å². The summed E-state index contributed by atoms with van der Waals surface area (Å²) < 4.78 is 13.3. The summed E-state index contributed by atoms with van der Waals surface area (Å²) >= 11 is 1.50. The van der Waals surface area contributed by atoms with Gasteiger partial charge in [0.15, 0.2) is 0 Å². The van der Waals surface area contributed by atoms with Crippen LogP contribution >= 0.6 is 11.3 Å². The van der Waals surface area contributed by atoms with Gasteiger partial charge in [-0.3, -0.25) is 14.5 Å². The van der Waals surface area contributed by atoms with Gasteiger partial charge < -0.3 is 10.2 Å². The zero-order valence-electron chi connectivity index (χ0n) is 13.8. The van der Waals surface area contributed by atoms with E-state index in [0.29, 0.717) is 30.8 Å². The van der Waals surface area contributed by atoms with Crippen molar-refractivity contribution in [1.29, 1.82) is 0 Å². The summed E-state index contributed by atoms with van der Waals surface area (Å²) in [5, 5.41) is 6.61. The highest BCUT2D eigenvalue weighted by Crippen LogP contribution is 2.10. The summed E-state index contributed by atoms with van der Waals surface area (Å²) in [6.07, 6.45) is 0. The van der Waals surface area contributed by atoms with E-state index >= 15 is 0 Å². The van der Waals surface area contributed by atoms with Crippen LogP contribution in [0.15, 0.2) is 41.1 Å². The van der Waals surface area contributed by atoms with Crippen molar-refractivity contribution in [2.24, 2.45) is 0 Å². The molecule has 132 valence electrons. The van der Waals surface area contributed by atoms with Crippen LogP contribution in [0.4, 0.5) is 4.39 Å². The SMILES string of the molecule is O=C(NCCN1CCN(C(=O)c2cccc(F)c2)CC1)c1ccsc1. The molecule has 2 aromatic rings. The Hall–Kier alpha value is -2.25. The van der Waals surface area contributed by atoms with Crippen LogP contribution in [0.5, 0.6) is 0 Å². The number of benzene rings is 1. The van der Waals surface area contributed by atoms with Crippen LogP contribution in [0.2, 0.25) is 0 Å². The van der Waals surface area contributed by atoms with Gasteiger partial charge in [-0.2, -0.15) is 11.3 Å². The maximum Gasteiger partial charge on any atom is 0.254 e. The quantitative estimate of drug-likeness (QED) is 0.887. The molecule has 1 fully saturated rings. The first-order valence-corrected chi connectivity index (χ1v) is 9.15. The average Bonchev–Trinajstić information content (AvgIpc) is 3.16. The van der Waals surface area contributed by atoms with Gasteiger partial charge >= 0.3 is 0 Å². The van der Waals surface area contributed by atoms with Crippen molar-refractivity contribution in [3.63, 3.8) is 0 Å². The van der Waals surface area contributed by atoms with Gasteiger partial charge in [0.1, 0.15) is 5.82 Å². The minimum atomic E-state index is -0.397. The Morgan fingerprint density at radius 3 is 2.60 bits per heavy atom. The molecule has 0 atom stereocenters. The lowest BCUT2D eigenvalue weighted by Gasteiger charge is -2.34. The monoisotopic (exact) mass is 361 g/mol. The van der Waals surface area contributed by atoms with Crippen LogP contribution < -0.4 is 5.32 Å². The summed E-state index contributed by atoms with van der Waals surface area (Å²) in [7, 11) is 0. The molecule has 1 N–H and O–H groups in total. The van der Waals surface area contributed by atoms with Crippen LogP contribution in [0.1, 0.15) is 20.7 Å². The average molecular weight is 361 g/mol. The van der Waals surface area contributed by atoms with Crippen molar-refractivity contribution in [3.8, 4) is 0 Å². The Morgan fingerprint density at radius 1 is 1.12 bits per heavy atom. The summed E-state index contributed by atoms with van der Waals surface area (Å²) in [6, 6.07) is 7.59. The molecule has 1 saturated heterocycles. The van der Waals surface area contributed by atoms with E-state index in [2.05, 4.69) is 10.2 Å². The topological polar surface area (TPSA) is 52.7 Å². The summed E-state index contributed by atoms with van der Waals surface area (Å²) in [5.74, 6) is -0.586. The molecule has 1 aromatic heterocycles. The van der Waals surface area contributed by atoms with E-state index in [9.17, 15) is 14.0 Å². The number of carbonyl (C=O) groups is 2. The molecule has 0 unspecified atom stereocenters. The Bertz CT molecular complexity index is 728. The number of rotatable bonds is 5. The summed E-state index contributed by atoms with van der Waals surface area (Å²) in [6.45, 7) is 4.02. The Morgan fingerprint density at radius 2 is 1.92 bits per heavy atom. The highest BCUT2D eigenvalue weighted by Gasteiger charge is 2.22. The maximum absolute atomic E-state index is 13.3. The standard InChI is InChI=1S/C18H20FN3O2S/c19-16-3-1-2-14(12-16)18(24)22-9-7-21(8-10-22)6-5-20-17(23)15-4-11-25-13-15/h1-4,11-13H,5-10H2,(H,20,23). The summed E-state index contributed by atoms with van der Waals surface area (Å²) in [5.41, 5.74) is 1.08. The minimum absolute atomic E-state index is 0.0545. The van der Waals surface area contributed by atoms with E-state index in [1.54, 1.807) is 23.1 Å². The number of nitrogens with zero attached hydrogens (tertiary/aromatic N) is 2. The normalized spacial score (nSPS) is 15.2. The van der Waals surface area contributed by atoms with E-state index in [4.69, 9.17) is 0 Å². The number of hydrogen-bond donors (Lipinski definition) is 1. The number of hydrogen-bond acceptors (Lipinski definition) is 4. The second-order valence-corrected chi connectivity index (χ2v) is 6.69. The molecular formula is C18H20FN3O2S. The third-order valence-corrected chi connectivity index (χ3v) is 4.91. The van der Waals surface area contributed by atoms with E-state index in [1.807, 2.05) is 10.8 Å². The van der Waals surface area contributed by atoms with Crippen LogP contribution in [0, 0.1) is 5.82 Å². The molecule has 3 rings (SSSR count). The van der Waals surface area contributed by atoms with E-state index < -0.39 is 5.82 Å². The Balaban J connectivity index is 1.41. The van der Waals surface area contributed by atoms with Crippen molar-refractivity contribution < 1.29 is 14.0 Å². The minimum Gasteiger partial charge on any atom is -0.351 e. The van der Waals surface area contributed by atoms with Gasteiger partial charge in [0, 0.05) is 55.8 Å². The lowest BCUT2D eigenvalue weighted by molar-refractivity contribution is 0.0637. The molecule has 0 aliphatic carbocycles. The van der Waals surface area contributed by atoms with Crippen LogP contribution in [0.3, 0.4) is 0 Å². The number of amides is 2. The van der Waals surface area contributed by atoms with Gasteiger partial charge in [0.2, 0.25) is 0 Å². The van der Waals surface area contributed by atoms with Crippen molar-refractivity contribution in [2.45, 2.75) is 0 Å². The fraction of sp³-hybridized carbons (Fsp3) is 0.333. The smallest absolute Gasteiger partial charge is 0.254 e. The van der Waals surface area contributed by atoms with Gasteiger partial charge in [-0.1, -0.05) is 6.07 Å². The molecule has 0 spiro atoms. The van der Waals surface area contributed by atoms with Crippen LogP contribution in [-0.2, 0) is 0 Å². The zero-order valence-corrected chi connectivity index (χ0v) is 14.6. The summed E-state index contributed by atoms with van der Waals surface area (Å²) in [4.78, 5) is 28.2. The van der Waals surface area contributed by atoms with Gasteiger partial charge in [0.05, 0.1) is 0 Å². The number of piperazine rings is 1. The van der Waals surface area contributed by atoms with Crippen molar-refractivity contribution in [1.82, 2.24) is 15.1 Å². The first-order valence-electron chi connectivity index (χ1n) is 8.21. The second-order valence-electron chi connectivity index (χ2n) is 5.91. The van der Waals surface area contributed by atoms with Crippen LogP contribution in [-0.4, -0.2) is 60.9 Å². The van der Waals surface area contributed by atoms with Crippen molar-refractivity contribution in [2.75, 3.05) is 39.3 Å². The van der Waals surface area contributed by atoms with Crippen molar-refractivity contribution >= 4 is 23.2 Å². The molecule has 1 aliphatic rings. The molecule has 1 aromatic carbocycles. The Labute approximate surface area is 150 Å². The predicted octanol–water partition coefficient (Wildman–Crippen LogP) is 2.08. The van der Waals surface area contributed by atoms with E-state index in [1.165, 1.54) is 23.5 Å². The number of nitrogens with one attached hydrogen (secondary N) is 1. The molecule has 2 amide bonds. The van der Waals surface area contributed by atoms with Gasteiger partial charge in [-0.05, 0) is 29.6 Å². The number of carbonyl (C=O) groups excluding carboxylic acids is 2. The van der Waals surface area contributed by atoms with Gasteiger partial charge in [0.25, 0.3) is 11.8 Å². The maximum atomic E-state index is 13.3. The molecule has 0 saturated carbocycles. The van der Waals surface area contributed by atoms with E-state index in [0.717, 1.165) is 19.6 Å². The largest absolute Gasteiger partial charge is 0.351 e. The third-order valence-electron chi connectivity index (χ3n) is 4.23. The zero-order chi connectivity index (χ0) is 17.6. The van der Waals surface area contributed by atoms with Gasteiger partial charge in [-0.15, -0.1) is 0 Å². The molecular weight excluding hydrogens is 341 g/mol. The highest BCUT2D eigenvalue weighted by atomic mass is 32.1. The lowest BCUT2D eigenvalue weighted by Crippen LogP contribution is -2.50. The lowest BCUT2D eigenvalue weighted by atomic mass is 10.1. The molecule has 0 bridgehead atoms. The molecule has 25 heavy (non-hydrogen) atoms.